The molecule has 5 heteroatoms. The first kappa shape index (κ1) is 16.2. The molecule has 3 aliphatic carbocycles. The van der Waals surface area contributed by atoms with Crippen molar-refractivity contribution in [2.45, 2.75) is 25.2 Å². The Labute approximate surface area is 156 Å². The number of benzene rings is 2. The Bertz CT molecular complexity index is 975. The summed E-state index contributed by atoms with van der Waals surface area (Å²) < 4.78 is 10.7. The van der Waals surface area contributed by atoms with Gasteiger partial charge in [-0.2, -0.15) is 0 Å². The standard InChI is InChI=1S/C22H18O5/c1-12(23)26-11-22-15-9-5-3-7-13(15)17(14-8-4-6-10-16(14)22)18-19(24)27-20(25)21(18,22)2/h3-10,17-18H,11H2,1-2H3. The molecule has 1 aliphatic heterocycles. The van der Waals surface area contributed by atoms with Gasteiger partial charge in [0, 0.05) is 12.8 Å². The van der Waals surface area contributed by atoms with Crippen molar-refractivity contribution in [2.75, 3.05) is 6.61 Å². The lowest BCUT2D eigenvalue weighted by Gasteiger charge is -2.58. The highest BCUT2D eigenvalue weighted by Gasteiger charge is 2.75. The van der Waals surface area contributed by atoms with Crippen molar-refractivity contribution in [1.29, 1.82) is 0 Å². The van der Waals surface area contributed by atoms with Crippen LogP contribution in [0.2, 0.25) is 0 Å². The molecule has 1 heterocycles. The number of hydrogen-bond donors (Lipinski definition) is 0. The Morgan fingerprint density at radius 2 is 1.59 bits per heavy atom. The second-order valence-electron chi connectivity index (χ2n) is 7.73. The molecule has 4 aliphatic rings. The minimum Gasteiger partial charge on any atom is -0.465 e. The highest BCUT2D eigenvalue weighted by Crippen LogP contribution is 2.69. The van der Waals surface area contributed by atoms with E-state index in [-0.39, 0.29) is 12.5 Å². The summed E-state index contributed by atoms with van der Waals surface area (Å²) >= 11 is 0. The van der Waals surface area contributed by atoms with Gasteiger partial charge in [-0.05, 0) is 29.2 Å². The summed E-state index contributed by atoms with van der Waals surface area (Å²) in [6.07, 6.45) is 0. The molecular weight excluding hydrogens is 344 g/mol. The van der Waals surface area contributed by atoms with Crippen LogP contribution in [0.1, 0.15) is 42.0 Å². The number of rotatable bonds is 2. The molecular formula is C22H18O5. The summed E-state index contributed by atoms with van der Waals surface area (Å²) in [7, 11) is 0. The number of esters is 3. The van der Waals surface area contributed by atoms with Crippen LogP contribution in [0.4, 0.5) is 0 Å². The Morgan fingerprint density at radius 1 is 1.04 bits per heavy atom. The van der Waals surface area contributed by atoms with E-state index in [1.54, 1.807) is 6.92 Å². The van der Waals surface area contributed by atoms with Crippen LogP contribution in [0.5, 0.6) is 0 Å². The van der Waals surface area contributed by atoms with E-state index in [0.29, 0.717) is 0 Å². The Balaban J connectivity index is 1.92. The molecule has 0 aromatic heterocycles. The SMILES string of the molecule is CC(=O)OCC12c3ccccc3C(c3ccccc31)C1C(=O)OC(=O)C12C. The third kappa shape index (κ3) is 1.68. The first-order chi connectivity index (χ1) is 12.9. The van der Waals surface area contributed by atoms with Gasteiger partial charge in [-0.1, -0.05) is 48.5 Å². The normalized spacial score (nSPS) is 32.4. The molecule has 0 radical (unpaired) electrons. The molecule has 0 spiro atoms. The molecule has 2 atom stereocenters. The van der Waals surface area contributed by atoms with Crippen molar-refractivity contribution in [3.8, 4) is 0 Å². The molecule has 136 valence electrons. The van der Waals surface area contributed by atoms with Crippen LogP contribution in [-0.4, -0.2) is 24.5 Å². The molecule has 2 bridgehead atoms. The maximum Gasteiger partial charge on any atom is 0.321 e. The Morgan fingerprint density at radius 3 is 2.15 bits per heavy atom. The van der Waals surface area contributed by atoms with Crippen LogP contribution >= 0.6 is 0 Å². The lowest BCUT2D eigenvalue weighted by atomic mass is 9.41. The molecule has 0 N–H and O–H groups in total. The predicted molar refractivity (Wildman–Crippen MR) is 94.8 cm³/mol. The molecule has 27 heavy (non-hydrogen) atoms. The van der Waals surface area contributed by atoms with Gasteiger partial charge < -0.3 is 9.47 Å². The smallest absolute Gasteiger partial charge is 0.321 e. The van der Waals surface area contributed by atoms with Gasteiger partial charge in [0.15, 0.2) is 0 Å². The van der Waals surface area contributed by atoms with Crippen molar-refractivity contribution in [1.82, 2.24) is 0 Å². The van der Waals surface area contributed by atoms with E-state index in [4.69, 9.17) is 9.47 Å². The predicted octanol–water partition coefficient (Wildman–Crippen LogP) is 2.70. The molecule has 1 saturated heterocycles. The van der Waals surface area contributed by atoms with E-state index in [2.05, 4.69) is 0 Å². The third-order valence-corrected chi connectivity index (χ3v) is 6.72. The van der Waals surface area contributed by atoms with E-state index in [1.807, 2.05) is 48.5 Å². The fraction of sp³-hybridized carbons (Fsp3) is 0.318. The summed E-state index contributed by atoms with van der Waals surface area (Å²) in [4.78, 5) is 37.5. The third-order valence-electron chi connectivity index (χ3n) is 6.72. The second-order valence-corrected chi connectivity index (χ2v) is 7.73. The number of hydrogen-bond acceptors (Lipinski definition) is 5. The van der Waals surface area contributed by atoms with Crippen molar-refractivity contribution < 1.29 is 23.9 Å². The summed E-state index contributed by atoms with van der Waals surface area (Å²) in [6, 6.07) is 15.6. The van der Waals surface area contributed by atoms with E-state index < -0.39 is 34.7 Å². The largest absolute Gasteiger partial charge is 0.465 e. The molecule has 6 rings (SSSR count). The molecule has 2 unspecified atom stereocenters. The molecule has 0 saturated carbocycles. The second kappa shape index (κ2) is 5.06. The molecule has 0 amide bonds. The van der Waals surface area contributed by atoms with E-state index >= 15 is 0 Å². The van der Waals surface area contributed by atoms with Gasteiger partial charge in [-0.25, -0.2) is 0 Å². The van der Waals surface area contributed by atoms with Gasteiger partial charge in [0.1, 0.15) is 6.61 Å². The van der Waals surface area contributed by atoms with Gasteiger partial charge in [0.05, 0.1) is 16.7 Å². The highest BCUT2D eigenvalue weighted by atomic mass is 16.6. The Hall–Kier alpha value is -2.95. The maximum absolute atomic E-state index is 13.0. The van der Waals surface area contributed by atoms with Crippen LogP contribution < -0.4 is 0 Å². The quantitative estimate of drug-likeness (QED) is 0.607. The zero-order valence-corrected chi connectivity index (χ0v) is 15.0. The minimum atomic E-state index is -1.13. The van der Waals surface area contributed by atoms with Gasteiger partial charge in [-0.15, -0.1) is 0 Å². The van der Waals surface area contributed by atoms with Crippen molar-refractivity contribution >= 4 is 17.9 Å². The van der Waals surface area contributed by atoms with Crippen molar-refractivity contribution in [3.63, 3.8) is 0 Å². The van der Waals surface area contributed by atoms with Gasteiger partial charge in [-0.3, -0.25) is 14.4 Å². The Kier molecular flexibility index (Phi) is 3.05. The molecule has 2 aromatic rings. The number of cyclic esters (lactones) is 2. The fourth-order valence-corrected chi connectivity index (χ4v) is 5.59. The maximum atomic E-state index is 13.0. The first-order valence-electron chi connectivity index (χ1n) is 9.01. The summed E-state index contributed by atoms with van der Waals surface area (Å²) in [5, 5.41) is 0. The average molecular weight is 362 g/mol. The van der Waals surface area contributed by atoms with E-state index in [9.17, 15) is 14.4 Å². The highest BCUT2D eigenvalue weighted by molar-refractivity contribution is 6.03. The monoisotopic (exact) mass is 362 g/mol. The van der Waals surface area contributed by atoms with Gasteiger partial charge >= 0.3 is 17.9 Å². The van der Waals surface area contributed by atoms with Gasteiger partial charge in [0.25, 0.3) is 0 Å². The van der Waals surface area contributed by atoms with E-state index in [1.165, 1.54) is 6.92 Å². The lowest BCUT2D eigenvalue weighted by molar-refractivity contribution is -0.158. The molecule has 1 fully saturated rings. The van der Waals surface area contributed by atoms with Crippen LogP contribution in [-0.2, 0) is 29.3 Å². The van der Waals surface area contributed by atoms with Crippen LogP contribution in [0.3, 0.4) is 0 Å². The van der Waals surface area contributed by atoms with E-state index in [0.717, 1.165) is 22.3 Å². The zero-order chi connectivity index (χ0) is 19.0. The molecule has 2 aromatic carbocycles. The summed E-state index contributed by atoms with van der Waals surface area (Å²) in [5.74, 6) is -2.35. The van der Waals surface area contributed by atoms with Crippen LogP contribution in [0.25, 0.3) is 0 Å². The van der Waals surface area contributed by atoms with Crippen LogP contribution in [0, 0.1) is 11.3 Å². The van der Waals surface area contributed by atoms with Gasteiger partial charge in [0.2, 0.25) is 0 Å². The summed E-state index contributed by atoms with van der Waals surface area (Å²) in [5.41, 5.74) is 1.76. The first-order valence-corrected chi connectivity index (χ1v) is 9.01. The fourth-order valence-electron chi connectivity index (χ4n) is 5.59. The number of ether oxygens (including phenoxy) is 2. The number of carbonyl (C=O) groups is 3. The summed E-state index contributed by atoms with van der Waals surface area (Å²) in [6.45, 7) is 3.12. The van der Waals surface area contributed by atoms with Crippen LogP contribution in [0.15, 0.2) is 48.5 Å². The minimum absolute atomic E-state index is 0.0154. The zero-order valence-electron chi connectivity index (χ0n) is 15.0. The average Bonchev–Trinajstić information content (AvgIpc) is 2.90. The topological polar surface area (TPSA) is 69.7 Å². The van der Waals surface area contributed by atoms with Crippen molar-refractivity contribution in [3.05, 3.63) is 70.8 Å². The molecule has 5 nitrogen and oxygen atoms in total. The van der Waals surface area contributed by atoms with Crippen molar-refractivity contribution in [2.24, 2.45) is 11.3 Å². The number of carbonyl (C=O) groups excluding carboxylic acids is 3. The lowest BCUT2D eigenvalue weighted by Crippen LogP contribution is -2.62.